The molecule has 4 aromatic rings. The summed E-state index contributed by atoms with van der Waals surface area (Å²) in [5.74, 6) is -3.09. The number of amides is 1. The van der Waals surface area contributed by atoms with E-state index in [1.165, 1.54) is 10.6 Å². The van der Waals surface area contributed by atoms with Crippen molar-refractivity contribution < 1.29 is 18.7 Å². The van der Waals surface area contributed by atoms with Gasteiger partial charge in [0.1, 0.15) is 17.3 Å². The lowest BCUT2D eigenvalue weighted by Gasteiger charge is -2.47. The number of phenolic OH excluding ortho intramolecular Hbond substituents is 1. The number of carbonyl (C=O) groups is 1. The van der Waals surface area contributed by atoms with Crippen LogP contribution in [-0.4, -0.2) is 67.2 Å². The van der Waals surface area contributed by atoms with Crippen LogP contribution in [0.5, 0.6) is 5.75 Å². The number of fused-ring (bicyclic) bond motifs is 2. The predicted octanol–water partition coefficient (Wildman–Crippen LogP) is 5.32. The van der Waals surface area contributed by atoms with Gasteiger partial charge in [0.05, 0.1) is 39.1 Å². The number of benzene rings is 1. The number of nitrogens with one attached hydrogen (secondary N) is 1. The van der Waals surface area contributed by atoms with E-state index in [4.69, 9.17) is 16.6 Å². The van der Waals surface area contributed by atoms with Gasteiger partial charge in [-0.3, -0.25) is 9.78 Å². The molecular weight excluding hydrogens is 604 g/mol. The van der Waals surface area contributed by atoms with Gasteiger partial charge in [-0.2, -0.15) is 4.98 Å². The number of hydrogen-bond acceptors (Lipinski definition) is 8. The molecular formula is C32H32ClF2N7O3. The maximum absolute atomic E-state index is 15.4. The SMILES string of the molecule is C=CC(=O)N1CC(C)N2c3nc(=O)n(-c4c(C)ccnc4C(C)C)c4nc(-c5c(O)ccc(F)c5F)c(Cl)c(c34)NCCC2C1. The molecule has 45 heavy (non-hydrogen) atoms. The van der Waals surface area contributed by atoms with E-state index < -0.39 is 28.6 Å². The van der Waals surface area contributed by atoms with E-state index in [2.05, 4.69) is 21.9 Å². The molecule has 0 spiro atoms. The lowest BCUT2D eigenvalue weighted by molar-refractivity contribution is -0.127. The summed E-state index contributed by atoms with van der Waals surface area (Å²) in [6, 6.07) is 3.11. The Labute approximate surface area is 263 Å². The normalized spacial score (nSPS) is 18.0. The molecule has 2 atom stereocenters. The summed E-state index contributed by atoms with van der Waals surface area (Å²) in [6.07, 6.45) is 3.47. The van der Waals surface area contributed by atoms with E-state index in [0.29, 0.717) is 59.9 Å². The molecule has 1 saturated heterocycles. The number of hydrogen-bond donors (Lipinski definition) is 2. The van der Waals surface area contributed by atoms with Crippen molar-refractivity contribution in [2.24, 2.45) is 0 Å². The molecule has 0 radical (unpaired) electrons. The number of rotatable bonds is 4. The second-order valence-electron chi connectivity index (χ2n) is 11.7. The molecule has 1 fully saturated rings. The summed E-state index contributed by atoms with van der Waals surface area (Å²) < 4.78 is 31.2. The highest BCUT2D eigenvalue weighted by Crippen LogP contribution is 2.46. The zero-order valence-corrected chi connectivity index (χ0v) is 26.0. The first-order valence-electron chi connectivity index (χ1n) is 14.7. The van der Waals surface area contributed by atoms with Gasteiger partial charge < -0.3 is 20.2 Å². The predicted molar refractivity (Wildman–Crippen MR) is 169 cm³/mol. The molecule has 234 valence electrons. The standard InChI is InChI=1S/C32H32ClF2N7O3/c1-6-21(44)40-13-17(5)41-18(14-40)10-12-37-27-23-30(38-28(24(27)33)22-20(43)8-7-19(34)25(22)35)42(32(45)39-31(23)41)29-16(4)9-11-36-26(29)15(2)3/h6-9,11,15,17-18,37,43H,1,10,12-14H2,2-5H3. The lowest BCUT2D eigenvalue weighted by Crippen LogP contribution is -2.60. The first kappa shape index (κ1) is 30.4. The average molecular weight is 636 g/mol. The van der Waals surface area contributed by atoms with E-state index in [9.17, 15) is 19.1 Å². The quantitative estimate of drug-likeness (QED) is 0.290. The third-order valence-corrected chi connectivity index (χ3v) is 8.84. The minimum Gasteiger partial charge on any atom is -0.507 e. The highest BCUT2D eigenvalue weighted by atomic mass is 35.5. The van der Waals surface area contributed by atoms with Crippen LogP contribution < -0.4 is 15.9 Å². The first-order valence-corrected chi connectivity index (χ1v) is 15.0. The number of pyridine rings is 2. The Hall–Kier alpha value is -4.58. The smallest absolute Gasteiger partial charge is 0.355 e. The summed E-state index contributed by atoms with van der Waals surface area (Å²) >= 11 is 6.96. The van der Waals surface area contributed by atoms with Gasteiger partial charge in [-0.05, 0) is 56.0 Å². The van der Waals surface area contributed by atoms with Crippen molar-refractivity contribution >= 4 is 40.0 Å². The summed E-state index contributed by atoms with van der Waals surface area (Å²) in [4.78, 5) is 44.5. The molecule has 0 bridgehead atoms. The Morgan fingerprint density at radius 2 is 1.98 bits per heavy atom. The second-order valence-corrected chi connectivity index (χ2v) is 12.1. The number of aromatic nitrogens is 4. The summed E-state index contributed by atoms with van der Waals surface area (Å²) in [7, 11) is 0. The molecule has 2 unspecified atom stereocenters. The number of halogens is 3. The topological polar surface area (TPSA) is 116 Å². The zero-order valence-electron chi connectivity index (χ0n) is 25.2. The fourth-order valence-electron chi connectivity index (χ4n) is 6.45. The molecule has 6 rings (SSSR count). The van der Waals surface area contributed by atoms with Crippen LogP contribution in [0.15, 0.2) is 41.8 Å². The summed E-state index contributed by atoms with van der Waals surface area (Å²) in [6.45, 7) is 12.4. The zero-order chi connectivity index (χ0) is 32.3. The van der Waals surface area contributed by atoms with Crippen molar-refractivity contribution in [1.29, 1.82) is 0 Å². The van der Waals surface area contributed by atoms with Gasteiger partial charge >= 0.3 is 5.69 Å². The number of aryl methyl sites for hydroxylation is 1. The van der Waals surface area contributed by atoms with Gasteiger partial charge in [-0.25, -0.2) is 23.1 Å². The minimum atomic E-state index is -1.33. The largest absolute Gasteiger partial charge is 0.507 e. The highest BCUT2D eigenvalue weighted by Gasteiger charge is 2.39. The Morgan fingerprint density at radius 1 is 1.22 bits per heavy atom. The van der Waals surface area contributed by atoms with Crippen molar-refractivity contribution in [2.75, 3.05) is 29.9 Å². The second kappa shape index (κ2) is 11.4. The van der Waals surface area contributed by atoms with Crippen LogP contribution in [0.4, 0.5) is 20.3 Å². The number of anilines is 2. The van der Waals surface area contributed by atoms with Gasteiger partial charge in [0.25, 0.3) is 0 Å². The minimum absolute atomic E-state index is 0.0745. The fourth-order valence-corrected chi connectivity index (χ4v) is 6.75. The molecule has 2 aliphatic heterocycles. The average Bonchev–Trinajstić information content (AvgIpc) is 2.99. The van der Waals surface area contributed by atoms with Crippen molar-refractivity contribution in [3.05, 3.63) is 75.4 Å². The van der Waals surface area contributed by atoms with Crippen molar-refractivity contribution in [3.63, 3.8) is 0 Å². The van der Waals surface area contributed by atoms with E-state index in [-0.39, 0.29) is 40.3 Å². The number of phenols is 1. The number of aromatic hydroxyl groups is 1. The molecule has 2 N–H and O–H groups in total. The molecule has 0 saturated carbocycles. The summed E-state index contributed by atoms with van der Waals surface area (Å²) in [5, 5.41) is 14.4. The van der Waals surface area contributed by atoms with Crippen molar-refractivity contribution in [1.82, 2.24) is 24.4 Å². The number of piperazine rings is 1. The lowest BCUT2D eigenvalue weighted by atomic mass is 9.99. The molecule has 10 nitrogen and oxygen atoms in total. The molecule has 3 aromatic heterocycles. The van der Waals surface area contributed by atoms with Gasteiger partial charge in [-0.15, -0.1) is 0 Å². The van der Waals surface area contributed by atoms with Gasteiger partial charge in [0, 0.05) is 31.9 Å². The molecule has 1 aromatic carbocycles. The molecule has 5 heterocycles. The Kier molecular flexibility index (Phi) is 7.72. The van der Waals surface area contributed by atoms with Crippen molar-refractivity contribution in [3.8, 4) is 22.7 Å². The van der Waals surface area contributed by atoms with Crippen LogP contribution in [0.3, 0.4) is 0 Å². The van der Waals surface area contributed by atoms with Crippen LogP contribution in [0, 0.1) is 18.6 Å². The fraction of sp³-hybridized carbons (Fsp3) is 0.344. The van der Waals surface area contributed by atoms with Crippen LogP contribution in [0.25, 0.3) is 28.0 Å². The molecule has 2 aliphatic rings. The van der Waals surface area contributed by atoms with Crippen LogP contribution in [0.2, 0.25) is 5.02 Å². The van der Waals surface area contributed by atoms with Gasteiger partial charge in [0.2, 0.25) is 5.91 Å². The highest BCUT2D eigenvalue weighted by molar-refractivity contribution is 6.37. The molecule has 1 amide bonds. The third kappa shape index (κ3) is 4.87. The van der Waals surface area contributed by atoms with E-state index >= 15 is 4.39 Å². The van der Waals surface area contributed by atoms with Crippen molar-refractivity contribution in [2.45, 2.75) is 52.1 Å². The van der Waals surface area contributed by atoms with E-state index in [1.54, 1.807) is 17.2 Å². The number of carbonyl (C=O) groups excluding carboxylic acids is 1. The van der Waals surface area contributed by atoms with Gasteiger partial charge in [0.15, 0.2) is 17.3 Å². The maximum atomic E-state index is 15.4. The van der Waals surface area contributed by atoms with Crippen LogP contribution in [0.1, 0.15) is 44.4 Å². The monoisotopic (exact) mass is 635 g/mol. The third-order valence-electron chi connectivity index (χ3n) is 8.48. The van der Waals surface area contributed by atoms with Crippen LogP contribution in [-0.2, 0) is 4.79 Å². The Bertz CT molecular complexity index is 1950. The van der Waals surface area contributed by atoms with E-state index in [0.717, 1.165) is 12.1 Å². The Morgan fingerprint density at radius 3 is 2.69 bits per heavy atom. The Balaban J connectivity index is 1.75. The maximum Gasteiger partial charge on any atom is 0.355 e. The molecule has 13 heteroatoms. The molecule has 0 aliphatic carbocycles. The van der Waals surface area contributed by atoms with E-state index in [1.807, 2.05) is 32.6 Å². The van der Waals surface area contributed by atoms with Crippen LogP contribution >= 0.6 is 11.6 Å². The number of nitrogens with zero attached hydrogens (tertiary/aromatic N) is 6. The first-order chi connectivity index (χ1) is 21.4. The summed E-state index contributed by atoms with van der Waals surface area (Å²) in [5.41, 5.74) is 0.719. The van der Waals surface area contributed by atoms with Gasteiger partial charge in [-0.1, -0.05) is 32.0 Å².